The molecule has 1 saturated heterocycles. The molecule has 0 aliphatic carbocycles. The molecule has 0 saturated carbocycles. The molecule has 2 heterocycles. The normalized spacial score (nSPS) is 16.9. The summed E-state index contributed by atoms with van der Waals surface area (Å²) in [7, 11) is 0. The number of likely N-dealkylation sites (tertiary alicyclic amines) is 1. The molecule has 0 aromatic carbocycles. The second-order valence-corrected chi connectivity index (χ2v) is 5.59. The quantitative estimate of drug-likeness (QED) is 0.893. The Morgan fingerprint density at radius 2 is 1.95 bits per heavy atom. The zero-order chi connectivity index (χ0) is 14.4. The molecule has 1 aromatic heterocycles. The van der Waals surface area contributed by atoms with Crippen LogP contribution in [0.4, 0.5) is 0 Å². The summed E-state index contributed by atoms with van der Waals surface area (Å²) in [6.45, 7) is 7.73. The largest absolute Gasteiger partial charge is 0.361 e. The van der Waals surface area contributed by atoms with Gasteiger partial charge in [0.15, 0.2) is 0 Å². The molecule has 1 aliphatic heterocycles. The number of nitrogens with one attached hydrogen (secondary N) is 1. The van der Waals surface area contributed by atoms with Crippen LogP contribution in [-0.2, 0) is 11.2 Å². The van der Waals surface area contributed by atoms with E-state index in [1.807, 2.05) is 13.8 Å². The number of nitrogens with zero attached hydrogens (tertiary/aromatic N) is 2. The van der Waals surface area contributed by atoms with Crippen LogP contribution in [0.2, 0.25) is 0 Å². The molecule has 2 rings (SSSR count). The first-order valence-electron chi connectivity index (χ1n) is 7.57. The molecule has 1 aliphatic rings. The predicted octanol–water partition coefficient (Wildman–Crippen LogP) is 1.83. The maximum Gasteiger partial charge on any atom is 0.224 e. The van der Waals surface area contributed by atoms with Gasteiger partial charge in [0.25, 0.3) is 0 Å². The van der Waals surface area contributed by atoms with Crippen LogP contribution in [0.1, 0.15) is 42.7 Å². The molecule has 112 valence electrons. The summed E-state index contributed by atoms with van der Waals surface area (Å²) < 4.78 is 5.07. The van der Waals surface area contributed by atoms with Crippen molar-refractivity contribution in [3.05, 3.63) is 17.0 Å². The van der Waals surface area contributed by atoms with Crippen LogP contribution in [0, 0.1) is 13.8 Å². The van der Waals surface area contributed by atoms with Gasteiger partial charge in [0.2, 0.25) is 5.91 Å². The van der Waals surface area contributed by atoms with Crippen molar-refractivity contribution in [2.24, 2.45) is 0 Å². The number of aryl methyl sites for hydroxylation is 2. The minimum absolute atomic E-state index is 0.0502. The van der Waals surface area contributed by atoms with Crippen LogP contribution in [0.15, 0.2) is 4.52 Å². The highest BCUT2D eigenvalue weighted by Crippen LogP contribution is 2.12. The lowest BCUT2D eigenvalue weighted by Gasteiger charge is -2.19. The maximum atomic E-state index is 11.9. The first-order valence-corrected chi connectivity index (χ1v) is 7.57. The van der Waals surface area contributed by atoms with E-state index in [9.17, 15) is 4.79 Å². The molecule has 0 unspecified atom stereocenters. The molecule has 5 heteroatoms. The number of hydrogen-bond donors (Lipinski definition) is 1. The van der Waals surface area contributed by atoms with E-state index in [1.165, 1.54) is 38.8 Å². The van der Waals surface area contributed by atoms with E-state index >= 15 is 0 Å². The van der Waals surface area contributed by atoms with E-state index in [1.54, 1.807) is 0 Å². The average molecular weight is 279 g/mol. The second-order valence-electron chi connectivity index (χ2n) is 5.59. The topological polar surface area (TPSA) is 58.4 Å². The SMILES string of the molecule is Cc1noc(C)c1CC(=O)NCCN1CCCCCC1. The van der Waals surface area contributed by atoms with Crippen LogP contribution in [0.3, 0.4) is 0 Å². The number of carbonyl (C=O) groups is 1. The highest BCUT2D eigenvalue weighted by Gasteiger charge is 2.14. The van der Waals surface area contributed by atoms with Crippen LogP contribution in [0.5, 0.6) is 0 Å². The Hall–Kier alpha value is -1.36. The van der Waals surface area contributed by atoms with Crippen molar-refractivity contribution < 1.29 is 9.32 Å². The van der Waals surface area contributed by atoms with Gasteiger partial charge in [-0.25, -0.2) is 0 Å². The third-order valence-electron chi connectivity index (χ3n) is 3.97. The van der Waals surface area contributed by atoms with E-state index in [0.29, 0.717) is 6.42 Å². The number of amides is 1. The van der Waals surface area contributed by atoms with Crippen LogP contribution in [0.25, 0.3) is 0 Å². The fourth-order valence-corrected chi connectivity index (χ4v) is 2.69. The van der Waals surface area contributed by atoms with Crippen molar-refractivity contribution in [2.45, 2.75) is 46.0 Å². The third-order valence-corrected chi connectivity index (χ3v) is 3.97. The summed E-state index contributed by atoms with van der Waals surface area (Å²) in [4.78, 5) is 14.4. The molecule has 0 radical (unpaired) electrons. The Balaban J connectivity index is 1.70. The van der Waals surface area contributed by atoms with Gasteiger partial charge in [-0.3, -0.25) is 4.79 Å². The number of carbonyl (C=O) groups excluding carboxylic acids is 1. The van der Waals surface area contributed by atoms with Gasteiger partial charge in [-0.05, 0) is 39.8 Å². The van der Waals surface area contributed by atoms with Gasteiger partial charge in [-0.1, -0.05) is 18.0 Å². The van der Waals surface area contributed by atoms with Crippen molar-refractivity contribution in [2.75, 3.05) is 26.2 Å². The summed E-state index contributed by atoms with van der Waals surface area (Å²) in [6, 6.07) is 0. The van der Waals surface area contributed by atoms with Gasteiger partial charge in [-0.2, -0.15) is 0 Å². The van der Waals surface area contributed by atoms with Gasteiger partial charge < -0.3 is 14.7 Å². The molecule has 1 N–H and O–H groups in total. The first kappa shape index (κ1) is 15.0. The van der Waals surface area contributed by atoms with Gasteiger partial charge >= 0.3 is 0 Å². The average Bonchev–Trinajstić information content (AvgIpc) is 2.65. The van der Waals surface area contributed by atoms with Crippen molar-refractivity contribution in [1.82, 2.24) is 15.4 Å². The molecule has 0 spiro atoms. The summed E-state index contributed by atoms with van der Waals surface area (Å²) in [5.74, 6) is 0.791. The Morgan fingerprint density at radius 3 is 2.55 bits per heavy atom. The van der Waals surface area contributed by atoms with Crippen LogP contribution >= 0.6 is 0 Å². The van der Waals surface area contributed by atoms with Gasteiger partial charge in [0.1, 0.15) is 5.76 Å². The van der Waals surface area contributed by atoms with E-state index < -0.39 is 0 Å². The molecule has 1 aromatic rings. The zero-order valence-corrected chi connectivity index (χ0v) is 12.6. The maximum absolute atomic E-state index is 11.9. The summed E-state index contributed by atoms with van der Waals surface area (Å²) >= 11 is 0. The third kappa shape index (κ3) is 4.34. The minimum atomic E-state index is 0.0502. The first-order chi connectivity index (χ1) is 9.66. The Kier molecular flexibility index (Phi) is 5.59. The lowest BCUT2D eigenvalue weighted by molar-refractivity contribution is -0.120. The summed E-state index contributed by atoms with van der Waals surface area (Å²) in [5, 5.41) is 6.86. The van der Waals surface area contributed by atoms with Gasteiger partial charge in [-0.15, -0.1) is 0 Å². The number of aromatic nitrogens is 1. The predicted molar refractivity (Wildman–Crippen MR) is 77.6 cm³/mol. The van der Waals surface area contributed by atoms with E-state index in [0.717, 1.165) is 30.1 Å². The van der Waals surface area contributed by atoms with Crippen LogP contribution in [-0.4, -0.2) is 42.1 Å². The Bertz CT molecular complexity index is 415. The highest BCUT2D eigenvalue weighted by atomic mass is 16.5. The Morgan fingerprint density at radius 1 is 1.25 bits per heavy atom. The number of hydrogen-bond acceptors (Lipinski definition) is 4. The van der Waals surface area contributed by atoms with E-state index in [2.05, 4.69) is 15.4 Å². The van der Waals surface area contributed by atoms with Gasteiger partial charge in [0, 0.05) is 18.7 Å². The highest BCUT2D eigenvalue weighted by molar-refractivity contribution is 5.78. The molecule has 0 bridgehead atoms. The molecular weight excluding hydrogens is 254 g/mol. The monoisotopic (exact) mass is 279 g/mol. The second kappa shape index (κ2) is 7.43. The lowest BCUT2D eigenvalue weighted by Crippen LogP contribution is -2.36. The van der Waals surface area contributed by atoms with E-state index in [-0.39, 0.29) is 5.91 Å². The van der Waals surface area contributed by atoms with Crippen molar-refractivity contribution in [3.8, 4) is 0 Å². The minimum Gasteiger partial charge on any atom is -0.361 e. The lowest BCUT2D eigenvalue weighted by atomic mass is 10.1. The molecule has 20 heavy (non-hydrogen) atoms. The van der Waals surface area contributed by atoms with Gasteiger partial charge in [0.05, 0.1) is 12.1 Å². The van der Waals surface area contributed by atoms with Crippen molar-refractivity contribution in [1.29, 1.82) is 0 Å². The standard InChI is InChI=1S/C15H25N3O2/c1-12-14(13(2)20-17-12)11-15(19)16-7-10-18-8-5-3-4-6-9-18/h3-11H2,1-2H3,(H,16,19). The summed E-state index contributed by atoms with van der Waals surface area (Å²) in [5.41, 5.74) is 1.72. The Labute approximate surface area is 120 Å². The molecule has 5 nitrogen and oxygen atoms in total. The van der Waals surface area contributed by atoms with Crippen molar-refractivity contribution in [3.63, 3.8) is 0 Å². The summed E-state index contributed by atoms with van der Waals surface area (Å²) in [6.07, 6.45) is 5.62. The zero-order valence-electron chi connectivity index (χ0n) is 12.6. The molecule has 1 amide bonds. The smallest absolute Gasteiger partial charge is 0.224 e. The molecule has 1 fully saturated rings. The molecular formula is C15H25N3O2. The van der Waals surface area contributed by atoms with E-state index in [4.69, 9.17) is 4.52 Å². The van der Waals surface area contributed by atoms with Crippen LogP contribution < -0.4 is 5.32 Å². The number of rotatable bonds is 5. The van der Waals surface area contributed by atoms with Crippen molar-refractivity contribution >= 4 is 5.91 Å². The molecule has 0 atom stereocenters. The fraction of sp³-hybridized carbons (Fsp3) is 0.733. The fourth-order valence-electron chi connectivity index (χ4n) is 2.69.